The minimum absolute atomic E-state index is 0.145. The van der Waals surface area contributed by atoms with Crippen LogP contribution in [0.5, 0.6) is 0 Å². The second-order valence-electron chi connectivity index (χ2n) is 6.05. The molecule has 3 heterocycles. The molecule has 1 aliphatic rings. The summed E-state index contributed by atoms with van der Waals surface area (Å²) in [4.78, 5) is 12.6. The van der Waals surface area contributed by atoms with E-state index in [-0.39, 0.29) is 11.8 Å². The minimum atomic E-state index is -1.25. The number of nitrogens with two attached hydrogens (primary N) is 1. The average molecular weight is 365 g/mol. The molecule has 1 saturated heterocycles. The number of aromatic nitrogens is 4. The van der Waals surface area contributed by atoms with Crippen LogP contribution in [-0.2, 0) is 4.74 Å². The number of nitrogens with one attached hydrogen (secondary N) is 1. The number of rotatable bonds is 7. The van der Waals surface area contributed by atoms with E-state index in [0.717, 1.165) is 19.3 Å². The van der Waals surface area contributed by atoms with Crippen LogP contribution in [0.2, 0.25) is 0 Å². The van der Waals surface area contributed by atoms with Gasteiger partial charge < -0.3 is 25.8 Å². The molecule has 0 amide bonds. The van der Waals surface area contributed by atoms with Crippen LogP contribution in [0, 0.1) is 0 Å². The molecule has 4 atom stereocenters. The number of nitrogens with zero attached hydrogens (tertiary/aromatic N) is 5. The Morgan fingerprint density at radius 3 is 2.88 bits per heavy atom. The molecule has 0 bridgehead atoms. The summed E-state index contributed by atoms with van der Waals surface area (Å²) >= 11 is 0. The SMILES string of the molecule is CCCC/C=N/Nc1nc(N)c2ncn([C@@H]3O[C@H](CO)[C@@H](O)[C@H]3O)c2n1. The first-order valence-electron chi connectivity index (χ1n) is 8.46. The van der Waals surface area contributed by atoms with Crippen LogP contribution < -0.4 is 11.2 Å². The number of fused-ring (bicyclic) bond motifs is 1. The molecule has 11 nitrogen and oxygen atoms in total. The van der Waals surface area contributed by atoms with Gasteiger partial charge in [0.25, 0.3) is 0 Å². The van der Waals surface area contributed by atoms with Crippen molar-refractivity contribution < 1.29 is 20.1 Å². The average Bonchev–Trinajstić information content (AvgIpc) is 3.17. The van der Waals surface area contributed by atoms with E-state index in [9.17, 15) is 15.3 Å². The summed E-state index contributed by atoms with van der Waals surface area (Å²) in [6, 6.07) is 0. The molecular formula is C15H23N7O4. The van der Waals surface area contributed by atoms with Gasteiger partial charge in [0.1, 0.15) is 23.8 Å². The quantitative estimate of drug-likeness (QED) is 0.249. The topological polar surface area (TPSA) is 164 Å². The van der Waals surface area contributed by atoms with Crippen molar-refractivity contribution in [2.24, 2.45) is 5.10 Å². The molecule has 6 N–H and O–H groups in total. The van der Waals surface area contributed by atoms with Crippen LogP contribution in [0.1, 0.15) is 32.4 Å². The maximum absolute atomic E-state index is 10.2. The van der Waals surface area contributed by atoms with Gasteiger partial charge in [-0.1, -0.05) is 13.3 Å². The Bertz CT molecular complexity index is 781. The number of imidazole rings is 1. The van der Waals surface area contributed by atoms with Crippen molar-refractivity contribution in [2.75, 3.05) is 17.8 Å². The summed E-state index contributed by atoms with van der Waals surface area (Å²) in [6.07, 6.45) is 1.75. The Kier molecular flexibility index (Phi) is 5.61. The summed E-state index contributed by atoms with van der Waals surface area (Å²) in [6.45, 7) is 1.68. The smallest absolute Gasteiger partial charge is 0.247 e. The molecule has 2 aromatic heterocycles. The lowest BCUT2D eigenvalue weighted by Crippen LogP contribution is -2.33. The fourth-order valence-corrected chi connectivity index (χ4v) is 2.75. The second kappa shape index (κ2) is 7.91. The van der Waals surface area contributed by atoms with Gasteiger partial charge in [-0.2, -0.15) is 15.1 Å². The molecule has 0 aromatic carbocycles. The number of hydrogen-bond donors (Lipinski definition) is 5. The minimum Gasteiger partial charge on any atom is -0.394 e. The molecular weight excluding hydrogens is 342 g/mol. The largest absolute Gasteiger partial charge is 0.394 e. The second-order valence-corrected chi connectivity index (χ2v) is 6.05. The van der Waals surface area contributed by atoms with Gasteiger partial charge in [-0.05, 0) is 12.8 Å². The Morgan fingerprint density at radius 1 is 1.38 bits per heavy atom. The third kappa shape index (κ3) is 3.46. The van der Waals surface area contributed by atoms with Crippen molar-refractivity contribution in [1.29, 1.82) is 0 Å². The van der Waals surface area contributed by atoms with E-state index >= 15 is 0 Å². The van der Waals surface area contributed by atoms with E-state index in [1.807, 2.05) is 0 Å². The summed E-state index contributed by atoms with van der Waals surface area (Å²) in [5.74, 6) is 0.322. The molecule has 0 unspecified atom stereocenters. The van der Waals surface area contributed by atoms with E-state index in [2.05, 4.69) is 32.4 Å². The van der Waals surface area contributed by atoms with Gasteiger partial charge in [-0.15, -0.1) is 0 Å². The molecule has 1 fully saturated rings. The molecule has 1 aliphatic heterocycles. The number of aliphatic hydroxyl groups excluding tert-OH is 3. The highest BCUT2D eigenvalue weighted by Gasteiger charge is 2.44. The van der Waals surface area contributed by atoms with Crippen molar-refractivity contribution >= 4 is 29.1 Å². The van der Waals surface area contributed by atoms with E-state index in [4.69, 9.17) is 10.5 Å². The van der Waals surface area contributed by atoms with E-state index in [0.29, 0.717) is 11.2 Å². The van der Waals surface area contributed by atoms with Gasteiger partial charge in [0.05, 0.1) is 12.9 Å². The Morgan fingerprint density at radius 2 is 2.19 bits per heavy atom. The molecule has 3 rings (SSSR count). The summed E-state index contributed by atoms with van der Waals surface area (Å²) in [7, 11) is 0. The van der Waals surface area contributed by atoms with Crippen molar-refractivity contribution in [3.63, 3.8) is 0 Å². The monoisotopic (exact) mass is 365 g/mol. The fourth-order valence-electron chi connectivity index (χ4n) is 2.75. The van der Waals surface area contributed by atoms with Gasteiger partial charge in [0.15, 0.2) is 17.7 Å². The lowest BCUT2D eigenvalue weighted by Gasteiger charge is -2.16. The van der Waals surface area contributed by atoms with Crippen LogP contribution in [-0.4, -0.2) is 66.0 Å². The predicted molar refractivity (Wildman–Crippen MR) is 94.4 cm³/mol. The summed E-state index contributed by atoms with van der Waals surface area (Å²) in [5.41, 5.74) is 9.30. The van der Waals surface area contributed by atoms with E-state index in [1.165, 1.54) is 10.9 Å². The Balaban J connectivity index is 1.87. The standard InChI is InChI=1S/C15H23N7O4/c1-2-3-4-5-18-21-15-19-12(16)9-13(20-15)22(7-17-9)14-11(25)10(24)8(6-23)26-14/h5,7-8,10-11,14,23-25H,2-4,6H2,1H3,(H3,16,19,20,21)/b18-5+/t8-,10-,11-,14-/m1/s1. The maximum atomic E-state index is 10.2. The van der Waals surface area contributed by atoms with Crippen molar-refractivity contribution in [3.8, 4) is 0 Å². The van der Waals surface area contributed by atoms with Crippen LogP contribution in [0.15, 0.2) is 11.4 Å². The van der Waals surface area contributed by atoms with Crippen LogP contribution in [0.4, 0.5) is 11.8 Å². The Labute approximate surface area is 149 Å². The Hall–Kier alpha value is -2.34. The molecule has 142 valence electrons. The van der Waals surface area contributed by atoms with Gasteiger partial charge in [-0.3, -0.25) is 4.57 Å². The summed E-state index contributed by atoms with van der Waals surface area (Å²) < 4.78 is 6.96. The molecule has 11 heteroatoms. The van der Waals surface area contributed by atoms with Gasteiger partial charge in [0, 0.05) is 6.21 Å². The fraction of sp³-hybridized carbons (Fsp3) is 0.600. The number of nitrogen functional groups attached to an aromatic ring is 1. The molecule has 2 aromatic rings. The molecule has 0 radical (unpaired) electrons. The van der Waals surface area contributed by atoms with Crippen molar-refractivity contribution in [1.82, 2.24) is 19.5 Å². The molecule has 26 heavy (non-hydrogen) atoms. The normalized spacial score (nSPS) is 26.2. The lowest BCUT2D eigenvalue weighted by molar-refractivity contribution is -0.0511. The van der Waals surface area contributed by atoms with E-state index < -0.39 is 31.1 Å². The van der Waals surface area contributed by atoms with Gasteiger partial charge >= 0.3 is 0 Å². The molecule has 0 spiro atoms. The first-order valence-corrected chi connectivity index (χ1v) is 8.46. The highest BCUT2D eigenvalue weighted by atomic mass is 16.6. The first kappa shape index (κ1) is 18.5. The third-order valence-electron chi connectivity index (χ3n) is 4.18. The first-order chi connectivity index (χ1) is 12.6. The number of aliphatic hydroxyl groups is 3. The molecule has 0 aliphatic carbocycles. The van der Waals surface area contributed by atoms with Crippen LogP contribution in [0.25, 0.3) is 11.2 Å². The zero-order valence-corrected chi connectivity index (χ0v) is 14.4. The number of ether oxygens (including phenoxy) is 1. The number of hydrazone groups is 1. The van der Waals surface area contributed by atoms with E-state index in [1.54, 1.807) is 6.21 Å². The van der Waals surface area contributed by atoms with Gasteiger partial charge in [0.2, 0.25) is 5.95 Å². The lowest BCUT2D eigenvalue weighted by atomic mass is 10.1. The predicted octanol–water partition coefficient (Wildman–Crippen LogP) is -0.392. The zero-order valence-electron chi connectivity index (χ0n) is 14.4. The van der Waals surface area contributed by atoms with Crippen molar-refractivity contribution in [2.45, 2.75) is 50.7 Å². The number of hydrogen-bond acceptors (Lipinski definition) is 10. The van der Waals surface area contributed by atoms with Crippen LogP contribution >= 0.6 is 0 Å². The highest BCUT2D eigenvalue weighted by molar-refractivity contribution is 5.83. The number of unbranched alkanes of at least 4 members (excludes halogenated alkanes) is 2. The van der Waals surface area contributed by atoms with Crippen molar-refractivity contribution in [3.05, 3.63) is 6.33 Å². The zero-order chi connectivity index (χ0) is 18.7. The van der Waals surface area contributed by atoms with Gasteiger partial charge in [-0.25, -0.2) is 10.4 Å². The van der Waals surface area contributed by atoms with Crippen LogP contribution in [0.3, 0.4) is 0 Å². The molecule has 0 saturated carbocycles. The third-order valence-corrected chi connectivity index (χ3v) is 4.18. The highest BCUT2D eigenvalue weighted by Crippen LogP contribution is 2.32. The maximum Gasteiger partial charge on any atom is 0.247 e. The number of anilines is 2. The summed E-state index contributed by atoms with van der Waals surface area (Å²) in [5, 5.41) is 33.4.